The molecule has 0 radical (unpaired) electrons. The first-order chi connectivity index (χ1) is 13.3. The second-order valence-electron chi connectivity index (χ2n) is 6.30. The second-order valence-corrected chi connectivity index (χ2v) is 6.71. The smallest absolute Gasteiger partial charge is 0.416 e. The minimum atomic E-state index is -4.79. The number of halogens is 5. The van der Waals surface area contributed by atoms with Gasteiger partial charge < -0.3 is 19.5 Å². The molecule has 3 rings (SSSR count). The molecule has 6 nitrogen and oxygen atoms in total. The molecule has 1 aliphatic heterocycles. The zero-order chi connectivity index (χ0) is 21.7. The zero-order valence-corrected chi connectivity index (χ0v) is 15.6. The first kappa shape index (κ1) is 20.7. The van der Waals surface area contributed by atoms with Crippen LogP contribution in [0.15, 0.2) is 30.3 Å². The lowest BCUT2D eigenvalue weighted by atomic mass is 10.0. The Hall–Kier alpha value is -3.01. The maximum Gasteiger partial charge on any atom is 0.416 e. The molecule has 1 unspecified atom stereocenters. The first-order valence-corrected chi connectivity index (χ1v) is 8.31. The number of alkyl halides is 3. The molecule has 154 valence electrons. The molecule has 1 amide bonds. The van der Waals surface area contributed by atoms with Crippen LogP contribution >= 0.6 is 11.6 Å². The van der Waals surface area contributed by atoms with Gasteiger partial charge in [-0.3, -0.25) is 4.79 Å². The summed E-state index contributed by atoms with van der Waals surface area (Å²) < 4.78 is 62.9. The van der Waals surface area contributed by atoms with E-state index in [9.17, 15) is 32.3 Å². The van der Waals surface area contributed by atoms with E-state index in [1.165, 1.54) is 25.2 Å². The average molecular weight is 434 g/mol. The van der Waals surface area contributed by atoms with Gasteiger partial charge in [0, 0.05) is 13.1 Å². The van der Waals surface area contributed by atoms with Crippen molar-refractivity contribution in [2.45, 2.75) is 18.7 Å². The number of likely N-dealkylation sites (N-methyl/N-ethyl adjacent to an activating group) is 1. The highest BCUT2D eigenvalue weighted by molar-refractivity contribution is 6.32. The highest BCUT2D eigenvalue weighted by Crippen LogP contribution is 2.43. The number of anilines is 1. The number of carboxylic acids is 1. The number of amides is 1. The van der Waals surface area contributed by atoms with Gasteiger partial charge >= 0.3 is 12.1 Å². The predicted molar refractivity (Wildman–Crippen MR) is 93.0 cm³/mol. The quantitative estimate of drug-likeness (QED) is 0.570. The van der Waals surface area contributed by atoms with E-state index in [0.29, 0.717) is 6.07 Å². The minimum Gasteiger partial charge on any atom is -0.478 e. The average Bonchev–Trinajstić information content (AvgIpc) is 2.61. The van der Waals surface area contributed by atoms with E-state index in [4.69, 9.17) is 21.1 Å². The lowest BCUT2D eigenvalue weighted by Gasteiger charge is -2.36. The maximum atomic E-state index is 14.1. The highest BCUT2D eigenvalue weighted by Gasteiger charge is 2.50. The van der Waals surface area contributed by atoms with Crippen molar-refractivity contribution >= 4 is 29.2 Å². The molecule has 29 heavy (non-hydrogen) atoms. The largest absolute Gasteiger partial charge is 0.478 e. The van der Waals surface area contributed by atoms with Crippen LogP contribution in [0.5, 0.6) is 17.2 Å². The number of hydrogen-bond acceptors (Lipinski definition) is 4. The Morgan fingerprint density at radius 1 is 1.28 bits per heavy atom. The fraction of sp³-hybridized carbons (Fsp3) is 0.222. The molecule has 1 heterocycles. The zero-order valence-electron chi connectivity index (χ0n) is 14.8. The fourth-order valence-electron chi connectivity index (χ4n) is 2.68. The molecule has 1 atom stereocenters. The predicted octanol–water partition coefficient (Wildman–Crippen LogP) is 4.49. The molecular weight excluding hydrogens is 422 g/mol. The lowest BCUT2D eigenvalue weighted by molar-refractivity contribution is -0.160. The summed E-state index contributed by atoms with van der Waals surface area (Å²) in [6, 6.07) is 4.57. The highest BCUT2D eigenvalue weighted by atomic mass is 35.5. The van der Waals surface area contributed by atoms with Gasteiger partial charge in [-0.05, 0) is 31.2 Å². The Morgan fingerprint density at radius 2 is 1.93 bits per heavy atom. The van der Waals surface area contributed by atoms with Crippen molar-refractivity contribution in [3.63, 3.8) is 0 Å². The first-order valence-electron chi connectivity index (χ1n) is 7.93. The van der Waals surface area contributed by atoms with Crippen molar-refractivity contribution in [3.8, 4) is 17.2 Å². The van der Waals surface area contributed by atoms with Crippen LogP contribution in [-0.2, 0) is 15.8 Å². The van der Waals surface area contributed by atoms with Gasteiger partial charge in [-0.1, -0.05) is 11.6 Å². The number of rotatable bonds is 3. The van der Waals surface area contributed by atoms with Gasteiger partial charge in [-0.25, -0.2) is 9.18 Å². The third kappa shape index (κ3) is 3.55. The Bertz CT molecular complexity index is 1000. The van der Waals surface area contributed by atoms with Gasteiger partial charge in [0.2, 0.25) is 0 Å². The van der Waals surface area contributed by atoms with E-state index in [2.05, 4.69) is 0 Å². The van der Waals surface area contributed by atoms with E-state index < -0.39 is 45.8 Å². The van der Waals surface area contributed by atoms with Gasteiger partial charge in [0.05, 0.1) is 16.3 Å². The lowest BCUT2D eigenvalue weighted by Crippen LogP contribution is -2.57. The molecule has 0 bridgehead atoms. The number of aliphatic carboxylic acids is 1. The molecule has 2 aromatic rings. The number of carbonyl (C=O) groups excluding carboxylic acids is 1. The van der Waals surface area contributed by atoms with E-state index in [0.717, 1.165) is 11.8 Å². The Balaban J connectivity index is 1.98. The number of benzene rings is 2. The summed E-state index contributed by atoms with van der Waals surface area (Å²) in [5.74, 6) is -4.49. The van der Waals surface area contributed by atoms with Crippen LogP contribution in [0.1, 0.15) is 12.5 Å². The Labute approximate surface area is 166 Å². The van der Waals surface area contributed by atoms with Crippen LogP contribution in [0.25, 0.3) is 0 Å². The van der Waals surface area contributed by atoms with Crippen LogP contribution in [-0.4, -0.2) is 29.6 Å². The molecular formula is C18H12ClF4NO5. The normalized spacial score (nSPS) is 18.9. The van der Waals surface area contributed by atoms with Gasteiger partial charge in [0.15, 0.2) is 11.6 Å². The van der Waals surface area contributed by atoms with Crippen molar-refractivity contribution in [2.75, 3.05) is 11.9 Å². The summed E-state index contributed by atoms with van der Waals surface area (Å²) in [7, 11) is 1.35. The van der Waals surface area contributed by atoms with E-state index in [1.54, 1.807) is 0 Å². The van der Waals surface area contributed by atoms with Crippen molar-refractivity contribution < 1.29 is 41.7 Å². The summed E-state index contributed by atoms with van der Waals surface area (Å²) >= 11 is 5.74. The van der Waals surface area contributed by atoms with Crippen molar-refractivity contribution in [1.82, 2.24) is 0 Å². The molecule has 11 heteroatoms. The summed E-state index contributed by atoms with van der Waals surface area (Å²) in [5.41, 5.74) is -3.25. The topological polar surface area (TPSA) is 76.1 Å². The van der Waals surface area contributed by atoms with Crippen LogP contribution in [0.4, 0.5) is 23.2 Å². The number of carboxylic acid groups (broad SMARTS) is 1. The number of nitrogens with zero attached hydrogens (tertiary/aromatic N) is 1. The number of carbonyl (C=O) groups is 2. The van der Waals surface area contributed by atoms with E-state index in [-0.39, 0.29) is 23.3 Å². The third-order valence-corrected chi connectivity index (χ3v) is 4.55. The summed E-state index contributed by atoms with van der Waals surface area (Å²) in [4.78, 5) is 24.8. The van der Waals surface area contributed by atoms with Gasteiger partial charge in [0.1, 0.15) is 11.5 Å². The van der Waals surface area contributed by atoms with Crippen LogP contribution in [0.3, 0.4) is 0 Å². The molecule has 0 aliphatic carbocycles. The standard InChI is InChI=1S/C18H12ClF4NO5/c1-17(16(26)27)15(25)24(2)12-4-3-9(7-13(12)29-17)28-14-10(19)5-8(6-11(14)20)18(21,22)23/h3-7H,1-2H3,(H,26,27). The molecule has 2 aromatic carbocycles. The van der Waals surface area contributed by atoms with E-state index >= 15 is 0 Å². The molecule has 0 saturated heterocycles. The van der Waals surface area contributed by atoms with Gasteiger partial charge in [-0.15, -0.1) is 0 Å². The van der Waals surface area contributed by atoms with Crippen LogP contribution in [0.2, 0.25) is 5.02 Å². The van der Waals surface area contributed by atoms with Crippen molar-refractivity contribution in [2.24, 2.45) is 0 Å². The fourth-order valence-corrected chi connectivity index (χ4v) is 2.93. The molecule has 1 N–H and O–H groups in total. The number of fused-ring (bicyclic) bond motifs is 1. The molecule has 0 fully saturated rings. The molecule has 0 saturated carbocycles. The van der Waals surface area contributed by atoms with Gasteiger partial charge in [-0.2, -0.15) is 13.2 Å². The van der Waals surface area contributed by atoms with Gasteiger partial charge in [0.25, 0.3) is 11.5 Å². The molecule has 0 spiro atoms. The minimum absolute atomic E-state index is 0.0575. The molecule has 1 aliphatic rings. The summed E-state index contributed by atoms with van der Waals surface area (Å²) in [5, 5.41) is 8.71. The summed E-state index contributed by atoms with van der Waals surface area (Å²) in [6.45, 7) is 1.07. The Morgan fingerprint density at radius 3 is 2.48 bits per heavy atom. The Kier molecular flexibility index (Phi) is 4.86. The van der Waals surface area contributed by atoms with Crippen LogP contribution in [0, 0.1) is 5.82 Å². The summed E-state index contributed by atoms with van der Waals surface area (Å²) in [6.07, 6.45) is -4.79. The third-order valence-electron chi connectivity index (χ3n) is 4.27. The maximum absolute atomic E-state index is 14.1. The SMILES string of the molecule is CN1C(=O)C(C)(C(=O)O)Oc2cc(Oc3c(F)cc(C(F)(F)F)cc3Cl)ccc21. The van der Waals surface area contributed by atoms with Crippen molar-refractivity contribution in [1.29, 1.82) is 0 Å². The van der Waals surface area contributed by atoms with Crippen molar-refractivity contribution in [3.05, 3.63) is 46.7 Å². The molecule has 0 aromatic heterocycles. The van der Waals surface area contributed by atoms with Crippen LogP contribution < -0.4 is 14.4 Å². The number of ether oxygens (including phenoxy) is 2. The van der Waals surface area contributed by atoms with E-state index in [1.807, 2.05) is 0 Å². The second kappa shape index (κ2) is 6.80. The number of hydrogen-bond donors (Lipinski definition) is 1. The monoisotopic (exact) mass is 433 g/mol.